The van der Waals surface area contributed by atoms with Crippen LogP contribution in [-0.4, -0.2) is 15.1 Å². The van der Waals surface area contributed by atoms with E-state index in [1.807, 2.05) is 31.3 Å². The van der Waals surface area contributed by atoms with E-state index in [2.05, 4.69) is 9.97 Å². The lowest BCUT2D eigenvalue weighted by molar-refractivity contribution is 0.477. The average Bonchev–Trinajstić information content (AvgIpc) is 3.14. The number of hydrogen-bond donors (Lipinski definition) is 1. The Hall–Kier alpha value is -1.90. The average molecular weight is 226 g/mol. The van der Waals surface area contributed by atoms with E-state index in [9.17, 15) is 5.11 Å². The predicted octanol–water partition coefficient (Wildman–Crippen LogP) is 3.04. The van der Waals surface area contributed by atoms with Crippen LogP contribution in [-0.2, 0) is 0 Å². The van der Waals surface area contributed by atoms with Crippen LogP contribution in [0.4, 0.5) is 0 Å². The predicted molar refractivity (Wildman–Crippen MR) is 65.8 cm³/mol. The number of aryl methyl sites for hydroxylation is 1. The molecule has 17 heavy (non-hydrogen) atoms. The molecule has 0 amide bonds. The fourth-order valence-electron chi connectivity index (χ4n) is 1.99. The van der Waals surface area contributed by atoms with Crippen molar-refractivity contribution in [2.24, 2.45) is 0 Å². The molecule has 0 spiro atoms. The van der Waals surface area contributed by atoms with Crippen molar-refractivity contribution in [1.29, 1.82) is 0 Å². The number of nitrogens with zero attached hydrogens (tertiary/aromatic N) is 2. The van der Waals surface area contributed by atoms with Gasteiger partial charge in [0, 0.05) is 28.9 Å². The van der Waals surface area contributed by atoms with Gasteiger partial charge in [-0.1, -0.05) is 18.2 Å². The number of phenols is 1. The number of phenolic OH excluding ortho intramolecular Hbond substituents is 1. The van der Waals surface area contributed by atoms with Crippen LogP contribution in [0.1, 0.15) is 30.3 Å². The first kappa shape index (κ1) is 10.3. The maximum Gasteiger partial charge on any atom is 0.131 e. The van der Waals surface area contributed by atoms with Gasteiger partial charge in [0.15, 0.2) is 0 Å². The van der Waals surface area contributed by atoms with Gasteiger partial charge < -0.3 is 5.11 Å². The molecule has 1 fully saturated rings. The van der Waals surface area contributed by atoms with E-state index in [1.165, 1.54) is 12.8 Å². The Bertz CT molecular complexity index is 562. The van der Waals surface area contributed by atoms with Crippen LogP contribution in [0.2, 0.25) is 0 Å². The molecular formula is C14H14N2O. The minimum absolute atomic E-state index is 0.276. The lowest BCUT2D eigenvalue weighted by Crippen LogP contribution is -1.97. The molecule has 0 bridgehead atoms. The minimum atomic E-state index is 0.276. The smallest absolute Gasteiger partial charge is 0.131 e. The SMILES string of the molecule is Cc1nc(C2CC2)ncc1-c1ccccc1O. The molecule has 1 aliphatic rings. The van der Waals surface area contributed by atoms with E-state index in [-0.39, 0.29) is 5.75 Å². The molecule has 3 heteroatoms. The van der Waals surface area contributed by atoms with E-state index in [0.717, 1.165) is 22.6 Å². The summed E-state index contributed by atoms with van der Waals surface area (Å²) >= 11 is 0. The van der Waals surface area contributed by atoms with Crippen molar-refractivity contribution in [2.75, 3.05) is 0 Å². The van der Waals surface area contributed by atoms with E-state index in [4.69, 9.17) is 0 Å². The first-order valence-corrected chi connectivity index (χ1v) is 5.87. The third-order valence-corrected chi connectivity index (χ3v) is 3.13. The van der Waals surface area contributed by atoms with Gasteiger partial charge in [0.2, 0.25) is 0 Å². The highest BCUT2D eigenvalue weighted by Crippen LogP contribution is 2.39. The Kier molecular flexibility index (Phi) is 2.32. The standard InChI is InChI=1S/C14H14N2O/c1-9-12(11-4-2-3-5-13(11)17)8-15-14(16-9)10-6-7-10/h2-5,8,10,17H,6-7H2,1H3. The van der Waals surface area contributed by atoms with Gasteiger partial charge in [-0.25, -0.2) is 9.97 Å². The normalized spacial score (nSPS) is 14.9. The Balaban J connectivity index is 2.06. The molecule has 3 nitrogen and oxygen atoms in total. The molecule has 0 unspecified atom stereocenters. The van der Waals surface area contributed by atoms with Gasteiger partial charge in [-0.05, 0) is 25.8 Å². The van der Waals surface area contributed by atoms with Crippen molar-refractivity contribution in [3.05, 3.63) is 42.0 Å². The summed E-state index contributed by atoms with van der Waals surface area (Å²) in [4.78, 5) is 8.93. The van der Waals surface area contributed by atoms with Gasteiger partial charge in [0.05, 0.1) is 0 Å². The molecule has 1 aromatic heterocycles. The second-order valence-corrected chi connectivity index (χ2v) is 4.52. The fourth-order valence-corrected chi connectivity index (χ4v) is 1.99. The van der Waals surface area contributed by atoms with Crippen molar-refractivity contribution in [3.63, 3.8) is 0 Å². The number of aromatic hydroxyl groups is 1. The van der Waals surface area contributed by atoms with Crippen LogP contribution in [0.3, 0.4) is 0 Å². The second kappa shape index (κ2) is 3.84. The Labute approximate surface area is 100 Å². The summed E-state index contributed by atoms with van der Waals surface area (Å²) in [5, 5.41) is 9.82. The Morgan fingerprint density at radius 1 is 1.18 bits per heavy atom. The van der Waals surface area contributed by atoms with Crippen molar-refractivity contribution in [1.82, 2.24) is 9.97 Å². The molecule has 0 atom stereocenters. The van der Waals surface area contributed by atoms with Crippen LogP contribution in [0.25, 0.3) is 11.1 Å². The topological polar surface area (TPSA) is 46.0 Å². The highest BCUT2D eigenvalue weighted by Gasteiger charge is 2.26. The largest absolute Gasteiger partial charge is 0.507 e. The number of hydrogen-bond acceptors (Lipinski definition) is 3. The lowest BCUT2D eigenvalue weighted by Gasteiger charge is -2.08. The molecule has 1 saturated carbocycles. The van der Waals surface area contributed by atoms with Crippen LogP contribution in [0.15, 0.2) is 30.5 Å². The molecular weight excluding hydrogens is 212 g/mol. The summed E-state index contributed by atoms with van der Waals surface area (Å²) in [6, 6.07) is 7.29. The molecule has 1 N–H and O–H groups in total. The monoisotopic (exact) mass is 226 g/mol. The number of benzene rings is 1. The zero-order valence-electron chi connectivity index (χ0n) is 9.72. The van der Waals surface area contributed by atoms with Crippen LogP contribution in [0.5, 0.6) is 5.75 Å². The van der Waals surface area contributed by atoms with Crippen LogP contribution in [0, 0.1) is 6.92 Å². The highest BCUT2D eigenvalue weighted by molar-refractivity contribution is 5.70. The molecule has 2 aromatic rings. The summed E-state index contributed by atoms with van der Waals surface area (Å²) in [6.07, 6.45) is 4.23. The molecule has 0 saturated heterocycles. The molecule has 1 heterocycles. The quantitative estimate of drug-likeness (QED) is 0.856. The van der Waals surface area contributed by atoms with Gasteiger partial charge in [-0.3, -0.25) is 0 Å². The zero-order valence-corrected chi connectivity index (χ0v) is 9.72. The van der Waals surface area contributed by atoms with Crippen molar-refractivity contribution in [3.8, 4) is 16.9 Å². The van der Waals surface area contributed by atoms with E-state index in [1.54, 1.807) is 6.07 Å². The van der Waals surface area contributed by atoms with Gasteiger partial charge in [0.25, 0.3) is 0 Å². The zero-order chi connectivity index (χ0) is 11.8. The summed E-state index contributed by atoms with van der Waals surface area (Å²) < 4.78 is 0. The first-order valence-electron chi connectivity index (χ1n) is 5.87. The summed E-state index contributed by atoms with van der Waals surface area (Å²) in [6.45, 7) is 1.97. The van der Waals surface area contributed by atoms with Gasteiger partial charge in [-0.2, -0.15) is 0 Å². The van der Waals surface area contributed by atoms with E-state index in [0.29, 0.717) is 5.92 Å². The molecule has 1 aliphatic carbocycles. The van der Waals surface area contributed by atoms with Crippen LogP contribution < -0.4 is 0 Å². The lowest BCUT2D eigenvalue weighted by atomic mass is 10.1. The molecule has 0 radical (unpaired) electrons. The third-order valence-electron chi connectivity index (χ3n) is 3.13. The van der Waals surface area contributed by atoms with Gasteiger partial charge >= 0.3 is 0 Å². The third kappa shape index (κ3) is 1.88. The Morgan fingerprint density at radius 2 is 1.94 bits per heavy atom. The summed E-state index contributed by atoms with van der Waals surface area (Å²) in [7, 11) is 0. The van der Waals surface area contributed by atoms with Crippen LogP contribution >= 0.6 is 0 Å². The minimum Gasteiger partial charge on any atom is -0.507 e. The highest BCUT2D eigenvalue weighted by atomic mass is 16.3. The first-order chi connectivity index (χ1) is 8.25. The molecule has 3 rings (SSSR count). The molecule has 86 valence electrons. The number of para-hydroxylation sites is 1. The Morgan fingerprint density at radius 3 is 2.59 bits per heavy atom. The van der Waals surface area contributed by atoms with Crippen molar-refractivity contribution < 1.29 is 5.11 Å². The maximum absolute atomic E-state index is 9.82. The number of aromatic nitrogens is 2. The van der Waals surface area contributed by atoms with Gasteiger partial charge in [-0.15, -0.1) is 0 Å². The summed E-state index contributed by atoms with van der Waals surface area (Å²) in [5.74, 6) is 1.78. The van der Waals surface area contributed by atoms with E-state index < -0.39 is 0 Å². The van der Waals surface area contributed by atoms with Gasteiger partial charge in [0.1, 0.15) is 11.6 Å². The summed E-state index contributed by atoms with van der Waals surface area (Å²) in [5.41, 5.74) is 2.64. The second-order valence-electron chi connectivity index (χ2n) is 4.52. The van der Waals surface area contributed by atoms with E-state index >= 15 is 0 Å². The molecule has 0 aliphatic heterocycles. The molecule has 1 aromatic carbocycles. The van der Waals surface area contributed by atoms with Crippen molar-refractivity contribution >= 4 is 0 Å². The fraction of sp³-hybridized carbons (Fsp3) is 0.286. The maximum atomic E-state index is 9.82. The van der Waals surface area contributed by atoms with Crippen molar-refractivity contribution in [2.45, 2.75) is 25.7 Å². The number of rotatable bonds is 2.